The average molecular weight is 316 g/mol. The summed E-state index contributed by atoms with van der Waals surface area (Å²) in [5.41, 5.74) is 0. The SMILES string of the molecule is Brc1ccc(SCCCN2CCOCC2)cc1. The zero-order chi connectivity index (χ0) is 11.9. The van der Waals surface area contributed by atoms with Gasteiger partial charge in [0.2, 0.25) is 0 Å². The molecule has 0 saturated carbocycles. The molecule has 1 aromatic carbocycles. The molecule has 0 aromatic heterocycles. The Kier molecular flexibility index (Phi) is 5.85. The van der Waals surface area contributed by atoms with Crippen LogP contribution in [0.15, 0.2) is 33.6 Å². The molecule has 2 nitrogen and oxygen atoms in total. The predicted molar refractivity (Wildman–Crippen MR) is 76.7 cm³/mol. The van der Waals surface area contributed by atoms with E-state index in [1.54, 1.807) is 0 Å². The molecule has 1 fully saturated rings. The van der Waals surface area contributed by atoms with Crippen molar-refractivity contribution in [3.05, 3.63) is 28.7 Å². The van der Waals surface area contributed by atoms with Crippen molar-refractivity contribution < 1.29 is 4.74 Å². The average Bonchev–Trinajstić information content (AvgIpc) is 2.38. The fraction of sp³-hybridized carbons (Fsp3) is 0.538. The van der Waals surface area contributed by atoms with Crippen molar-refractivity contribution in [1.82, 2.24) is 4.90 Å². The Balaban J connectivity index is 1.60. The number of rotatable bonds is 5. The number of thioether (sulfide) groups is 1. The molecule has 0 unspecified atom stereocenters. The minimum absolute atomic E-state index is 0.903. The zero-order valence-corrected chi connectivity index (χ0v) is 12.3. The fourth-order valence-corrected chi connectivity index (χ4v) is 2.94. The number of hydrogen-bond donors (Lipinski definition) is 0. The number of nitrogens with zero attached hydrogens (tertiary/aromatic N) is 1. The standard InChI is InChI=1S/C13H18BrNOS/c14-12-2-4-13(5-3-12)17-11-1-6-15-7-9-16-10-8-15/h2-5H,1,6-11H2. The van der Waals surface area contributed by atoms with E-state index in [0.717, 1.165) is 30.8 Å². The van der Waals surface area contributed by atoms with Gasteiger partial charge in [-0.1, -0.05) is 15.9 Å². The quantitative estimate of drug-likeness (QED) is 0.611. The van der Waals surface area contributed by atoms with E-state index in [9.17, 15) is 0 Å². The Morgan fingerprint density at radius 3 is 2.59 bits per heavy atom. The highest BCUT2D eigenvalue weighted by atomic mass is 79.9. The van der Waals surface area contributed by atoms with Crippen molar-refractivity contribution in [1.29, 1.82) is 0 Å². The smallest absolute Gasteiger partial charge is 0.0594 e. The van der Waals surface area contributed by atoms with Crippen molar-refractivity contribution in [2.75, 3.05) is 38.6 Å². The van der Waals surface area contributed by atoms with Crippen LogP contribution in [0.2, 0.25) is 0 Å². The number of benzene rings is 1. The molecule has 0 N–H and O–H groups in total. The maximum absolute atomic E-state index is 5.34. The van der Waals surface area contributed by atoms with Gasteiger partial charge in [-0.25, -0.2) is 0 Å². The normalized spacial score (nSPS) is 17.2. The van der Waals surface area contributed by atoms with Crippen molar-refractivity contribution in [3.63, 3.8) is 0 Å². The molecule has 0 aliphatic carbocycles. The van der Waals surface area contributed by atoms with Crippen LogP contribution in [0, 0.1) is 0 Å². The van der Waals surface area contributed by atoms with Gasteiger partial charge in [0, 0.05) is 22.5 Å². The lowest BCUT2D eigenvalue weighted by Crippen LogP contribution is -2.36. The van der Waals surface area contributed by atoms with E-state index >= 15 is 0 Å². The van der Waals surface area contributed by atoms with E-state index in [-0.39, 0.29) is 0 Å². The van der Waals surface area contributed by atoms with Gasteiger partial charge in [-0.05, 0) is 43.0 Å². The van der Waals surface area contributed by atoms with Gasteiger partial charge in [-0.3, -0.25) is 4.90 Å². The molecular weight excluding hydrogens is 298 g/mol. The van der Waals surface area contributed by atoms with Crippen LogP contribution < -0.4 is 0 Å². The van der Waals surface area contributed by atoms with E-state index in [1.807, 2.05) is 11.8 Å². The van der Waals surface area contributed by atoms with Crippen LogP contribution in [0.5, 0.6) is 0 Å². The molecule has 4 heteroatoms. The molecule has 17 heavy (non-hydrogen) atoms. The summed E-state index contributed by atoms with van der Waals surface area (Å²) in [5.74, 6) is 1.19. The first-order valence-electron chi connectivity index (χ1n) is 6.03. The van der Waals surface area contributed by atoms with Gasteiger partial charge in [0.05, 0.1) is 13.2 Å². The van der Waals surface area contributed by atoms with Gasteiger partial charge >= 0.3 is 0 Å². The van der Waals surface area contributed by atoms with Gasteiger partial charge in [0.25, 0.3) is 0 Å². The Labute approximate surface area is 116 Å². The third-order valence-electron chi connectivity index (χ3n) is 2.80. The molecule has 94 valence electrons. The van der Waals surface area contributed by atoms with Gasteiger partial charge in [-0.15, -0.1) is 11.8 Å². The molecule has 0 spiro atoms. The van der Waals surface area contributed by atoms with Crippen LogP contribution in [-0.4, -0.2) is 43.5 Å². The lowest BCUT2D eigenvalue weighted by Gasteiger charge is -2.26. The maximum atomic E-state index is 5.34. The van der Waals surface area contributed by atoms with E-state index < -0.39 is 0 Å². The third-order valence-corrected chi connectivity index (χ3v) is 4.43. The van der Waals surface area contributed by atoms with Crippen LogP contribution in [0.1, 0.15) is 6.42 Å². The Hall–Kier alpha value is -0.0300. The first-order valence-corrected chi connectivity index (χ1v) is 7.81. The van der Waals surface area contributed by atoms with Crippen LogP contribution >= 0.6 is 27.7 Å². The van der Waals surface area contributed by atoms with Crippen molar-refractivity contribution in [2.45, 2.75) is 11.3 Å². The van der Waals surface area contributed by atoms with E-state index in [4.69, 9.17) is 4.74 Å². The number of ether oxygens (including phenoxy) is 1. The van der Waals surface area contributed by atoms with Gasteiger partial charge in [0.1, 0.15) is 0 Å². The zero-order valence-electron chi connectivity index (χ0n) is 9.90. The van der Waals surface area contributed by atoms with Gasteiger partial charge in [0.15, 0.2) is 0 Å². The highest BCUT2D eigenvalue weighted by Gasteiger charge is 2.08. The molecular formula is C13H18BrNOS. The Bertz CT molecular complexity index is 325. The number of morpholine rings is 1. The van der Waals surface area contributed by atoms with Crippen molar-refractivity contribution in [2.24, 2.45) is 0 Å². The molecule has 0 atom stereocenters. The summed E-state index contributed by atoms with van der Waals surface area (Å²) < 4.78 is 6.48. The summed E-state index contributed by atoms with van der Waals surface area (Å²) in [7, 11) is 0. The van der Waals surface area contributed by atoms with Crippen LogP contribution in [0.3, 0.4) is 0 Å². The summed E-state index contributed by atoms with van der Waals surface area (Å²) >= 11 is 5.39. The molecule has 1 aliphatic heterocycles. The lowest BCUT2D eigenvalue weighted by molar-refractivity contribution is 0.0381. The number of hydrogen-bond acceptors (Lipinski definition) is 3. The van der Waals surface area contributed by atoms with E-state index in [1.165, 1.54) is 23.6 Å². The predicted octanol–water partition coefficient (Wildman–Crippen LogP) is 3.26. The van der Waals surface area contributed by atoms with Crippen LogP contribution in [0.25, 0.3) is 0 Å². The highest BCUT2D eigenvalue weighted by molar-refractivity contribution is 9.10. The second-order valence-electron chi connectivity index (χ2n) is 4.11. The molecule has 1 aliphatic rings. The van der Waals surface area contributed by atoms with Crippen molar-refractivity contribution in [3.8, 4) is 0 Å². The Morgan fingerprint density at radius 1 is 1.18 bits per heavy atom. The molecule has 0 radical (unpaired) electrons. The number of halogens is 1. The highest BCUT2D eigenvalue weighted by Crippen LogP contribution is 2.21. The topological polar surface area (TPSA) is 12.5 Å². The second kappa shape index (κ2) is 7.41. The molecule has 1 saturated heterocycles. The van der Waals surface area contributed by atoms with E-state index in [0.29, 0.717) is 0 Å². The first-order chi connectivity index (χ1) is 8.34. The fourth-order valence-electron chi connectivity index (χ4n) is 1.83. The molecule has 1 aromatic rings. The molecule has 1 heterocycles. The minimum atomic E-state index is 0.903. The third kappa shape index (κ3) is 5.00. The van der Waals surface area contributed by atoms with Crippen LogP contribution in [-0.2, 0) is 4.74 Å². The summed E-state index contributed by atoms with van der Waals surface area (Å²) in [6.45, 7) is 5.21. The molecule has 0 bridgehead atoms. The molecule has 2 rings (SSSR count). The molecule has 0 amide bonds. The van der Waals surface area contributed by atoms with E-state index in [2.05, 4.69) is 45.1 Å². The van der Waals surface area contributed by atoms with Crippen LogP contribution in [0.4, 0.5) is 0 Å². The summed E-state index contributed by atoms with van der Waals surface area (Å²) in [6.07, 6.45) is 1.25. The summed E-state index contributed by atoms with van der Waals surface area (Å²) in [5, 5.41) is 0. The first kappa shape index (κ1) is 13.4. The lowest BCUT2D eigenvalue weighted by atomic mass is 10.3. The van der Waals surface area contributed by atoms with Crippen molar-refractivity contribution >= 4 is 27.7 Å². The summed E-state index contributed by atoms with van der Waals surface area (Å²) in [6, 6.07) is 8.54. The Morgan fingerprint density at radius 2 is 1.88 bits per heavy atom. The minimum Gasteiger partial charge on any atom is -0.379 e. The largest absolute Gasteiger partial charge is 0.379 e. The maximum Gasteiger partial charge on any atom is 0.0594 e. The van der Waals surface area contributed by atoms with Gasteiger partial charge < -0.3 is 4.74 Å². The summed E-state index contributed by atoms with van der Waals surface area (Å²) in [4.78, 5) is 3.85. The van der Waals surface area contributed by atoms with Gasteiger partial charge in [-0.2, -0.15) is 0 Å². The monoisotopic (exact) mass is 315 g/mol. The second-order valence-corrected chi connectivity index (χ2v) is 6.19.